The Balaban J connectivity index is 2.24. The van der Waals surface area contributed by atoms with Gasteiger partial charge in [-0.1, -0.05) is 39.5 Å². The monoisotopic (exact) mass is 338 g/mol. The number of unbranched alkanes of at least 4 members (excludes halogenated alkanes) is 2. The first-order chi connectivity index (χ1) is 11.6. The van der Waals surface area contributed by atoms with E-state index in [2.05, 4.69) is 13.8 Å². The summed E-state index contributed by atoms with van der Waals surface area (Å²) < 4.78 is 33.9. The number of benzene rings is 1. The van der Waals surface area contributed by atoms with Crippen LogP contribution in [0, 0.1) is 17.6 Å². The Morgan fingerprint density at radius 1 is 1.00 bits per heavy atom. The predicted octanol–water partition coefficient (Wildman–Crippen LogP) is 6.78. The molecule has 0 unspecified atom stereocenters. The van der Waals surface area contributed by atoms with Crippen molar-refractivity contribution in [3.8, 4) is 5.75 Å². The van der Waals surface area contributed by atoms with Crippen LogP contribution in [-0.4, -0.2) is 7.11 Å². The Morgan fingerprint density at radius 2 is 1.71 bits per heavy atom. The maximum Gasteiger partial charge on any atom is 0.200 e. The van der Waals surface area contributed by atoms with Gasteiger partial charge in [-0.2, -0.15) is 4.39 Å². The molecule has 136 valence electrons. The molecule has 0 atom stereocenters. The SMILES string of the molecule is CCCCCc1c(C2CCC(CCC)CC2)cc(OC)c(F)c1F. The van der Waals surface area contributed by atoms with Gasteiger partial charge in [0.25, 0.3) is 0 Å². The van der Waals surface area contributed by atoms with Gasteiger partial charge < -0.3 is 4.74 Å². The van der Waals surface area contributed by atoms with Gasteiger partial charge in [0.1, 0.15) is 0 Å². The second-order valence-corrected chi connectivity index (χ2v) is 7.24. The van der Waals surface area contributed by atoms with Gasteiger partial charge >= 0.3 is 0 Å². The van der Waals surface area contributed by atoms with Crippen molar-refractivity contribution < 1.29 is 13.5 Å². The van der Waals surface area contributed by atoms with Gasteiger partial charge in [-0.05, 0) is 67.6 Å². The third-order valence-corrected chi connectivity index (χ3v) is 5.54. The maximum absolute atomic E-state index is 14.6. The molecule has 1 fully saturated rings. The average Bonchev–Trinajstić information content (AvgIpc) is 2.60. The van der Waals surface area contributed by atoms with E-state index < -0.39 is 11.6 Å². The van der Waals surface area contributed by atoms with Gasteiger partial charge in [0.2, 0.25) is 5.82 Å². The highest BCUT2D eigenvalue weighted by molar-refractivity contribution is 5.41. The van der Waals surface area contributed by atoms with E-state index in [0.717, 1.165) is 43.6 Å². The van der Waals surface area contributed by atoms with E-state index in [1.165, 1.54) is 32.8 Å². The number of hydrogen-bond donors (Lipinski definition) is 0. The zero-order chi connectivity index (χ0) is 17.5. The van der Waals surface area contributed by atoms with E-state index in [1.54, 1.807) is 6.07 Å². The van der Waals surface area contributed by atoms with E-state index in [4.69, 9.17) is 4.74 Å². The minimum Gasteiger partial charge on any atom is -0.494 e. The Bertz CT molecular complexity index is 519. The molecule has 0 spiro atoms. The van der Waals surface area contributed by atoms with E-state index in [-0.39, 0.29) is 5.75 Å². The first-order valence-electron chi connectivity index (χ1n) is 9.67. The van der Waals surface area contributed by atoms with Crippen molar-refractivity contribution in [2.45, 2.75) is 84.0 Å². The average molecular weight is 338 g/mol. The van der Waals surface area contributed by atoms with Crippen LogP contribution in [0.2, 0.25) is 0 Å². The lowest BCUT2D eigenvalue weighted by molar-refractivity contribution is 0.304. The van der Waals surface area contributed by atoms with Gasteiger partial charge in [0, 0.05) is 0 Å². The quantitative estimate of drug-likeness (QED) is 0.475. The lowest BCUT2D eigenvalue weighted by Gasteiger charge is -2.30. The zero-order valence-corrected chi connectivity index (χ0v) is 15.5. The fraction of sp³-hybridized carbons (Fsp3) is 0.714. The molecule has 0 aliphatic heterocycles. The third kappa shape index (κ3) is 4.49. The standard InChI is InChI=1S/C21H32F2O/c1-4-6-7-9-17-18(14-19(24-3)21(23)20(17)22)16-12-10-15(8-5-2)11-13-16/h14-16H,4-13H2,1-3H3. The largest absolute Gasteiger partial charge is 0.494 e. The molecule has 2 rings (SSSR count). The predicted molar refractivity (Wildman–Crippen MR) is 95.7 cm³/mol. The molecule has 24 heavy (non-hydrogen) atoms. The number of rotatable bonds is 8. The summed E-state index contributed by atoms with van der Waals surface area (Å²) in [5, 5.41) is 0. The van der Waals surface area contributed by atoms with Crippen LogP contribution in [0.25, 0.3) is 0 Å². The fourth-order valence-electron chi connectivity index (χ4n) is 4.15. The van der Waals surface area contributed by atoms with Crippen LogP contribution in [-0.2, 0) is 6.42 Å². The summed E-state index contributed by atoms with van der Waals surface area (Å²) in [6.45, 7) is 4.36. The molecule has 0 saturated heterocycles. The number of methoxy groups -OCH3 is 1. The Labute approximate surface area is 145 Å². The van der Waals surface area contributed by atoms with E-state index in [1.807, 2.05) is 0 Å². The lowest BCUT2D eigenvalue weighted by atomic mass is 9.75. The second kappa shape index (κ2) is 9.39. The van der Waals surface area contributed by atoms with Gasteiger partial charge in [0.05, 0.1) is 7.11 Å². The summed E-state index contributed by atoms with van der Waals surface area (Å²) in [6, 6.07) is 1.77. The normalized spacial score (nSPS) is 21.0. The van der Waals surface area contributed by atoms with E-state index >= 15 is 0 Å². The highest BCUT2D eigenvalue weighted by Crippen LogP contribution is 2.41. The molecule has 0 N–H and O–H groups in total. The molecule has 1 aromatic rings. The van der Waals surface area contributed by atoms with Crippen molar-refractivity contribution in [2.75, 3.05) is 7.11 Å². The van der Waals surface area contributed by atoms with Crippen molar-refractivity contribution in [1.82, 2.24) is 0 Å². The summed E-state index contributed by atoms with van der Waals surface area (Å²) in [5.41, 5.74) is 1.59. The van der Waals surface area contributed by atoms with Crippen LogP contribution in [0.15, 0.2) is 6.07 Å². The molecule has 0 bridgehead atoms. The summed E-state index contributed by atoms with van der Waals surface area (Å²) in [4.78, 5) is 0. The molecule has 0 heterocycles. The molecular weight excluding hydrogens is 306 g/mol. The Hall–Kier alpha value is -1.12. The van der Waals surface area contributed by atoms with Crippen LogP contribution in [0.5, 0.6) is 5.75 Å². The summed E-state index contributed by atoms with van der Waals surface area (Å²) >= 11 is 0. The fourth-order valence-corrected chi connectivity index (χ4v) is 4.15. The summed E-state index contributed by atoms with van der Waals surface area (Å²) in [5.74, 6) is -0.304. The van der Waals surface area contributed by atoms with Crippen molar-refractivity contribution in [1.29, 1.82) is 0 Å². The van der Waals surface area contributed by atoms with Crippen molar-refractivity contribution in [3.05, 3.63) is 28.8 Å². The lowest BCUT2D eigenvalue weighted by Crippen LogP contribution is -2.16. The second-order valence-electron chi connectivity index (χ2n) is 7.24. The first kappa shape index (κ1) is 19.2. The Morgan fingerprint density at radius 3 is 2.29 bits per heavy atom. The first-order valence-corrected chi connectivity index (χ1v) is 9.67. The molecular formula is C21H32F2O. The molecule has 1 saturated carbocycles. The molecule has 1 aliphatic rings. The number of halogens is 2. The van der Waals surface area contributed by atoms with Crippen LogP contribution in [0.1, 0.15) is 88.7 Å². The minimum absolute atomic E-state index is 0.0532. The van der Waals surface area contributed by atoms with E-state index in [0.29, 0.717) is 17.9 Å². The van der Waals surface area contributed by atoms with E-state index in [9.17, 15) is 8.78 Å². The maximum atomic E-state index is 14.6. The third-order valence-electron chi connectivity index (χ3n) is 5.54. The molecule has 0 radical (unpaired) electrons. The molecule has 1 nitrogen and oxygen atoms in total. The van der Waals surface area contributed by atoms with Gasteiger partial charge in [-0.25, -0.2) is 4.39 Å². The number of ether oxygens (including phenoxy) is 1. The topological polar surface area (TPSA) is 9.23 Å². The number of hydrogen-bond acceptors (Lipinski definition) is 1. The van der Waals surface area contributed by atoms with Crippen LogP contribution in [0.4, 0.5) is 8.78 Å². The molecule has 1 aromatic carbocycles. The summed E-state index contributed by atoms with van der Waals surface area (Å²) in [7, 11) is 1.41. The minimum atomic E-state index is -0.826. The smallest absolute Gasteiger partial charge is 0.200 e. The van der Waals surface area contributed by atoms with Crippen LogP contribution in [0.3, 0.4) is 0 Å². The van der Waals surface area contributed by atoms with Crippen molar-refractivity contribution >= 4 is 0 Å². The zero-order valence-electron chi connectivity index (χ0n) is 15.5. The molecule has 3 heteroatoms. The van der Waals surface area contributed by atoms with Crippen molar-refractivity contribution in [2.24, 2.45) is 5.92 Å². The van der Waals surface area contributed by atoms with Crippen molar-refractivity contribution in [3.63, 3.8) is 0 Å². The summed E-state index contributed by atoms with van der Waals surface area (Å²) in [6.07, 6.45) is 10.8. The van der Waals surface area contributed by atoms with Gasteiger partial charge in [-0.3, -0.25) is 0 Å². The molecule has 0 aromatic heterocycles. The van der Waals surface area contributed by atoms with Crippen LogP contribution >= 0.6 is 0 Å². The highest BCUT2D eigenvalue weighted by atomic mass is 19.2. The van der Waals surface area contributed by atoms with Gasteiger partial charge in [-0.15, -0.1) is 0 Å². The molecule has 0 amide bonds. The molecule has 1 aliphatic carbocycles. The van der Waals surface area contributed by atoms with Crippen LogP contribution < -0.4 is 4.74 Å². The Kier molecular flexibility index (Phi) is 7.51. The highest BCUT2D eigenvalue weighted by Gasteiger charge is 2.27. The van der Waals surface area contributed by atoms with Gasteiger partial charge in [0.15, 0.2) is 11.6 Å².